The Morgan fingerprint density at radius 1 is 1.15 bits per heavy atom. The van der Waals surface area contributed by atoms with Crippen molar-refractivity contribution in [1.82, 2.24) is 0 Å². The first kappa shape index (κ1) is 14.9. The standard InChI is InChI=1S/C17H20ClNO/c1-3-13-5-4-6-16(11-13)20-17(12(2)19)14-7-9-15(18)10-8-14/h4-12,17H,3,19H2,1-2H3. The quantitative estimate of drug-likeness (QED) is 0.887. The van der Waals surface area contributed by atoms with Crippen LogP contribution in [0.1, 0.15) is 31.1 Å². The third kappa shape index (κ3) is 3.75. The van der Waals surface area contributed by atoms with Crippen molar-refractivity contribution >= 4 is 11.6 Å². The van der Waals surface area contributed by atoms with E-state index in [1.807, 2.05) is 43.3 Å². The third-order valence-corrected chi connectivity index (χ3v) is 3.50. The summed E-state index contributed by atoms with van der Waals surface area (Å²) in [5.41, 5.74) is 8.35. The molecule has 0 aliphatic rings. The van der Waals surface area contributed by atoms with E-state index in [-0.39, 0.29) is 12.1 Å². The number of hydrogen-bond acceptors (Lipinski definition) is 2. The molecule has 2 aromatic carbocycles. The van der Waals surface area contributed by atoms with Gasteiger partial charge in [-0.25, -0.2) is 0 Å². The van der Waals surface area contributed by atoms with Gasteiger partial charge >= 0.3 is 0 Å². The van der Waals surface area contributed by atoms with E-state index in [2.05, 4.69) is 19.1 Å². The summed E-state index contributed by atoms with van der Waals surface area (Å²) >= 11 is 5.92. The van der Waals surface area contributed by atoms with Crippen LogP contribution in [0.25, 0.3) is 0 Å². The lowest BCUT2D eigenvalue weighted by Crippen LogP contribution is -2.29. The van der Waals surface area contributed by atoms with Crippen LogP contribution in [0, 0.1) is 0 Å². The van der Waals surface area contributed by atoms with Crippen LogP contribution in [-0.4, -0.2) is 6.04 Å². The van der Waals surface area contributed by atoms with Crippen molar-refractivity contribution in [3.05, 3.63) is 64.7 Å². The van der Waals surface area contributed by atoms with Gasteiger partial charge in [-0.1, -0.05) is 42.8 Å². The van der Waals surface area contributed by atoms with Crippen LogP contribution in [0.4, 0.5) is 0 Å². The molecule has 2 N–H and O–H groups in total. The summed E-state index contributed by atoms with van der Waals surface area (Å²) in [7, 11) is 0. The van der Waals surface area contributed by atoms with Crippen LogP contribution in [0.5, 0.6) is 5.75 Å². The first-order chi connectivity index (χ1) is 9.60. The molecule has 20 heavy (non-hydrogen) atoms. The third-order valence-electron chi connectivity index (χ3n) is 3.25. The molecule has 0 amide bonds. The van der Waals surface area contributed by atoms with Gasteiger partial charge in [0.25, 0.3) is 0 Å². The fourth-order valence-corrected chi connectivity index (χ4v) is 2.24. The highest BCUT2D eigenvalue weighted by atomic mass is 35.5. The molecular weight excluding hydrogens is 270 g/mol. The molecule has 2 unspecified atom stereocenters. The predicted molar refractivity (Wildman–Crippen MR) is 84.3 cm³/mol. The van der Waals surface area contributed by atoms with Gasteiger partial charge in [-0.2, -0.15) is 0 Å². The Morgan fingerprint density at radius 3 is 2.45 bits per heavy atom. The van der Waals surface area contributed by atoms with E-state index < -0.39 is 0 Å². The van der Waals surface area contributed by atoms with Gasteiger partial charge in [0, 0.05) is 11.1 Å². The highest BCUT2D eigenvalue weighted by Gasteiger charge is 2.18. The summed E-state index contributed by atoms with van der Waals surface area (Å²) in [6.07, 6.45) is 0.806. The summed E-state index contributed by atoms with van der Waals surface area (Å²) in [6.45, 7) is 4.07. The van der Waals surface area contributed by atoms with E-state index in [1.165, 1.54) is 5.56 Å². The summed E-state index contributed by atoms with van der Waals surface area (Å²) in [5, 5.41) is 0.713. The number of benzene rings is 2. The molecule has 0 radical (unpaired) electrons. The van der Waals surface area contributed by atoms with Crippen molar-refractivity contribution in [1.29, 1.82) is 0 Å². The Morgan fingerprint density at radius 2 is 1.85 bits per heavy atom. The maximum Gasteiger partial charge on any atom is 0.138 e. The molecule has 0 fully saturated rings. The molecule has 106 valence electrons. The van der Waals surface area contributed by atoms with Crippen LogP contribution in [-0.2, 0) is 6.42 Å². The molecule has 0 spiro atoms. The van der Waals surface area contributed by atoms with Gasteiger partial charge in [-0.05, 0) is 48.7 Å². The fraction of sp³-hybridized carbons (Fsp3) is 0.294. The number of nitrogens with two attached hydrogens (primary N) is 1. The molecular formula is C17H20ClNO. The fourth-order valence-electron chi connectivity index (χ4n) is 2.12. The van der Waals surface area contributed by atoms with Gasteiger partial charge in [0.1, 0.15) is 11.9 Å². The Balaban J connectivity index is 2.23. The van der Waals surface area contributed by atoms with E-state index in [1.54, 1.807) is 0 Å². The molecule has 0 aromatic heterocycles. The molecule has 0 bridgehead atoms. The Kier molecular flexibility index (Phi) is 5.05. The SMILES string of the molecule is CCc1cccc(OC(c2ccc(Cl)cc2)C(C)N)c1. The maximum absolute atomic E-state index is 6.08. The lowest BCUT2D eigenvalue weighted by Gasteiger charge is -2.23. The Labute approximate surface area is 125 Å². The minimum Gasteiger partial charge on any atom is -0.484 e. The average Bonchev–Trinajstić information content (AvgIpc) is 2.46. The first-order valence-electron chi connectivity index (χ1n) is 6.86. The lowest BCUT2D eigenvalue weighted by molar-refractivity contribution is 0.180. The van der Waals surface area contributed by atoms with Gasteiger partial charge in [0.05, 0.1) is 0 Å². The summed E-state index contributed by atoms with van der Waals surface area (Å²) < 4.78 is 6.08. The normalized spacial score (nSPS) is 13.8. The van der Waals surface area contributed by atoms with Crippen molar-refractivity contribution in [2.75, 3.05) is 0 Å². The van der Waals surface area contributed by atoms with E-state index in [4.69, 9.17) is 22.1 Å². The largest absolute Gasteiger partial charge is 0.484 e. The van der Waals surface area contributed by atoms with Crippen LogP contribution >= 0.6 is 11.6 Å². The molecule has 0 aliphatic heterocycles. The second-order valence-corrected chi connectivity index (χ2v) is 5.39. The summed E-state index contributed by atoms with van der Waals surface area (Å²) in [4.78, 5) is 0. The molecule has 0 saturated carbocycles. The molecule has 2 aromatic rings. The monoisotopic (exact) mass is 289 g/mol. The zero-order chi connectivity index (χ0) is 14.5. The predicted octanol–water partition coefficient (Wildman–Crippen LogP) is 4.37. The summed E-state index contributed by atoms with van der Waals surface area (Å²) in [6, 6.07) is 15.7. The first-order valence-corrected chi connectivity index (χ1v) is 7.24. The van der Waals surface area contributed by atoms with Crippen LogP contribution in [0.15, 0.2) is 48.5 Å². The summed E-state index contributed by atoms with van der Waals surface area (Å²) in [5.74, 6) is 0.849. The topological polar surface area (TPSA) is 35.2 Å². The zero-order valence-corrected chi connectivity index (χ0v) is 12.6. The number of hydrogen-bond donors (Lipinski definition) is 1. The van der Waals surface area contributed by atoms with E-state index in [0.717, 1.165) is 17.7 Å². The lowest BCUT2D eigenvalue weighted by atomic mass is 10.0. The molecule has 2 rings (SSSR count). The average molecular weight is 290 g/mol. The van der Waals surface area contributed by atoms with Crippen LogP contribution in [0.2, 0.25) is 5.02 Å². The molecule has 0 saturated heterocycles. The van der Waals surface area contributed by atoms with E-state index >= 15 is 0 Å². The minimum absolute atomic E-state index is 0.110. The second kappa shape index (κ2) is 6.78. The van der Waals surface area contributed by atoms with Crippen LogP contribution < -0.4 is 10.5 Å². The van der Waals surface area contributed by atoms with Gasteiger partial charge in [0.2, 0.25) is 0 Å². The molecule has 3 heteroatoms. The second-order valence-electron chi connectivity index (χ2n) is 4.95. The van der Waals surface area contributed by atoms with E-state index in [0.29, 0.717) is 5.02 Å². The molecule has 0 heterocycles. The van der Waals surface area contributed by atoms with Crippen molar-refractivity contribution in [2.45, 2.75) is 32.4 Å². The van der Waals surface area contributed by atoms with Gasteiger partial charge < -0.3 is 10.5 Å². The van der Waals surface area contributed by atoms with Crippen LogP contribution in [0.3, 0.4) is 0 Å². The zero-order valence-electron chi connectivity index (χ0n) is 11.8. The van der Waals surface area contributed by atoms with E-state index in [9.17, 15) is 0 Å². The maximum atomic E-state index is 6.08. The molecule has 2 atom stereocenters. The highest BCUT2D eigenvalue weighted by molar-refractivity contribution is 6.30. The van der Waals surface area contributed by atoms with Gasteiger partial charge in [-0.3, -0.25) is 0 Å². The van der Waals surface area contributed by atoms with Crippen molar-refractivity contribution in [3.8, 4) is 5.75 Å². The number of halogens is 1. The Bertz CT molecular complexity index is 551. The number of rotatable bonds is 5. The molecule has 2 nitrogen and oxygen atoms in total. The minimum atomic E-state index is -0.181. The Hall–Kier alpha value is -1.51. The van der Waals surface area contributed by atoms with Crippen molar-refractivity contribution in [2.24, 2.45) is 5.73 Å². The molecule has 0 aliphatic carbocycles. The highest BCUT2D eigenvalue weighted by Crippen LogP contribution is 2.26. The number of aryl methyl sites for hydroxylation is 1. The van der Waals surface area contributed by atoms with Crippen molar-refractivity contribution in [3.63, 3.8) is 0 Å². The van der Waals surface area contributed by atoms with Gasteiger partial charge in [0.15, 0.2) is 0 Å². The van der Waals surface area contributed by atoms with Crippen molar-refractivity contribution < 1.29 is 4.74 Å². The smallest absolute Gasteiger partial charge is 0.138 e. The van der Waals surface area contributed by atoms with Gasteiger partial charge in [-0.15, -0.1) is 0 Å². The number of ether oxygens (including phenoxy) is 1.